The molecule has 102 valence electrons. The van der Waals surface area contributed by atoms with E-state index in [4.69, 9.17) is 5.26 Å². The summed E-state index contributed by atoms with van der Waals surface area (Å²) in [4.78, 5) is 0. The Morgan fingerprint density at radius 1 is 1.25 bits per heavy atom. The van der Waals surface area contributed by atoms with E-state index in [9.17, 15) is 9.50 Å². The predicted molar refractivity (Wildman–Crippen MR) is 78.5 cm³/mol. The molecule has 0 aromatic heterocycles. The van der Waals surface area contributed by atoms with Crippen molar-refractivity contribution in [3.63, 3.8) is 0 Å². The molecule has 2 aromatic carbocycles. The van der Waals surface area contributed by atoms with Crippen molar-refractivity contribution in [2.75, 3.05) is 0 Å². The first kappa shape index (κ1) is 14.7. The van der Waals surface area contributed by atoms with Gasteiger partial charge in [-0.2, -0.15) is 5.26 Å². The number of hydrogen-bond donors (Lipinski definition) is 1. The molecule has 4 heteroatoms. The van der Waals surface area contributed by atoms with Crippen LogP contribution < -0.4 is 0 Å². The van der Waals surface area contributed by atoms with Crippen molar-refractivity contribution in [2.24, 2.45) is 0 Å². The van der Waals surface area contributed by atoms with E-state index >= 15 is 0 Å². The third-order valence-corrected chi connectivity index (χ3v) is 3.68. The lowest BCUT2D eigenvalue weighted by Crippen LogP contribution is -2.24. The molecule has 2 aromatic rings. The summed E-state index contributed by atoms with van der Waals surface area (Å²) < 4.78 is 14.5. The summed E-state index contributed by atoms with van der Waals surface area (Å²) in [5, 5.41) is 19.3. The molecule has 0 saturated carbocycles. The molecule has 0 bridgehead atoms. The van der Waals surface area contributed by atoms with Gasteiger partial charge in [-0.25, -0.2) is 4.39 Å². The van der Waals surface area contributed by atoms with Crippen molar-refractivity contribution in [1.29, 1.82) is 5.26 Å². The maximum Gasteiger partial charge on any atom is 0.127 e. The number of nitrogens with zero attached hydrogens (tertiary/aromatic N) is 1. The van der Waals surface area contributed by atoms with Crippen LogP contribution in [-0.2, 0) is 12.0 Å². The molecule has 0 saturated heterocycles. The molecule has 2 nitrogen and oxygen atoms in total. The van der Waals surface area contributed by atoms with Gasteiger partial charge in [0.15, 0.2) is 0 Å². The number of benzene rings is 2. The van der Waals surface area contributed by atoms with Crippen molar-refractivity contribution >= 4 is 15.9 Å². The maximum absolute atomic E-state index is 13.8. The van der Waals surface area contributed by atoms with Crippen LogP contribution in [0.3, 0.4) is 0 Å². The van der Waals surface area contributed by atoms with Crippen LogP contribution in [-0.4, -0.2) is 5.11 Å². The maximum atomic E-state index is 13.8. The zero-order chi connectivity index (χ0) is 14.8. The van der Waals surface area contributed by atoms with E-state index in [-0.39, 0.29) is 12.2 Å². The van der Waals surface area contributed by atoms with Gasteiger partial charge in [0.2, 0.25) is 0 Å². The first-order valence-electron chi connectivity index (χ1n) is 6.09. The van der Waals surface area contributed by atoms with Crippen molar-refractivity contribution < 1.29 is 9.50 Å². The zero-order valence-corrected chi connectivity index (χ0v) is 12.5. The van der Waals surface area contributed by atoms with Crippen molar-refractivity contribution in [2.45, 2.75) is 18.9 Å². The minimum atomic E-state index is -1.19. The second-order valence-corrected chi connectivity index (χ2v) is 5.79. The van der Waals surface area contributed by atoms with Crippen LogP contribution in [0.5, 0.6) is 0 Å². The Labute approximate surface area is 125 Å². The highest BCUT2D eigenvalue weighted by Crippen LogP contribution is 2.27. The van der Waals surface area contributed by atoms with E-state index in [1.807, 2.05) is 6.07 Å². The fraction of sp³-hybridized carbons (Fsp3) is 0.188. The van der Waals surface area contributed by atoms with Crippen molar-refractivity contribution in [3.8, 4) is 6.07 Å². The minimum Gasteiger partial charge on any atom is -0.385 e. The van der Waals surface area contributed by atoms with Crippen LogP contribution >= 0.6 is 15.9 Å². The van der Waals surface area contributed by atoms with Crippen LogP contribution in [0.4, 0.5) is 4.39 Å². The van der Waals surface area contributed by atoms with Gasteiger partial charge in [0.25, 0.3) is 0 Å². The predicted octanol–water partition coefficient (Wildman–Crippen LogP) is 3.91. The van der Waals surface area contributed by atoms with E-state index in [1.54, 1.807) is 43.3 Å². The van der Waals surface area contributed by atoms with Crippen LogP contribution in [0.25, 0.3) is 0 Å². The summed E-state index contributed by atoms with van der Waals surface area (Å²) in [6, 6.07) is 13.5. The number of nitriles is 1. The molecule has 0 amide bonds. The highest BCUT2D eigenvalue weighted by molar-refractivity contribution is 9.10. The molecule has 0 radical (unpaired) electrons. The van der Waals surface area contributed by atoms with Crippen molar-refractivity contribution in [3.05, 3.63) is 69.4 Å². The van der Waals surface area contributed by atoms with Gasteiger partial charge in [0.1, 0.15) is 5.82 Å². The smallest absolute Gasteiger partial charge is 0.127 e. The number of aliphatic hydroxyl groups is 1. The lowest BCUT2D eigenvalue weighted by atomic mass is 9.88. The minimum absolute atomic E-state index is 0.165. The molecule has 1 unspecified atom stereocenters. The van der Waals surface area contributed by atoms with Crippen LogP contribution in [0.2, 0.25) is 0 Å². The Kier molecular flexibility index (Phi) is 4.22. The van der Waals surface area contributed by atoms with Gasteiger partial charge in [-0.05, 0) is 42.3 Å². The molecule has 0 aliphatic heterocycles. The standard InChI is InChI=1S/C16H13BrFNO/c1-16(20,13-5-2-11(10-19)3-6-13)9-12-4-7-14(17)8-15(12)18/h2-8,20H,9H2,1H3. The Morgan fingerprint density at radius 3 is 2.45 bits per heavy atom. The van der Waals surface area contributed by atoms with Crippen molar-refractivity contribution in [1.82, 2.24) is 0 Å². The van der Waals surface area contributed by atoms with Gasteiger partial charge in [-0.15, -0.1) is 0 Å². The first-order valence-corrected chi connectivity index (χ1v) is 6.88. The van der Waals surface area contributed by atoms with Gasteiger partial charge in [-0.1, -0.05) is 34.1 Å². The fourth-order valence-electron chi connectivity index (χ4n) is 2.04. The topological polar surface area (TPSA) is 44.0 Å². The number of halogens is 2. The SMILES string of the molecule is CC(O)(Cc1ccc(Br)cc1F)c1ccc(C#N)cc1. The average Bonchev–Trinajstić information content (AvgIpc) is 2.42. The molecule has 0 fully saturated rings. The van der Waals surface area contributed by atoms with Gasteiger partial charge in [0.05, 0.1) is 17.2 Å². The fourth-order valence-corrected chi connectivity index (χ4v) is 2.37. The number of rotatable bonds is 3. The molecular formula is C16H13BrFNO. The molecule has 1 N–H and O–H groups in total. The van der Waals surface area contributed by atoms with Gasteiger partial charge in [-0.3, -0.25) is 0 Å². The molecule has 0 aliphatic carbocycles. The monoisotopic (exact) mass is 333 g/mol. The average molecular weight is 334 g/mol. The second kappa shape index (κ2) is 5.74. The van der Waals surface area contributed by atoms with Gasteiger partial charge >= 0.3 is 0 Å². The lowest BCUT2D eigenvalue weighted by Gasteiger charge is -2.24. The highest BCUT2D eigenvalue weighted by atomic mass is 79.9. The molecule has 0 aliphatic rings. The second-order valence-electron chi connectivity index (χ2n) is 4.88. The van der Waals surface area contributed by atoms with Crippen LogP contribution in [0.1, 0.15) is 23.6 Å². The summed E-state index contributed by atoms with van der Waals surface area (Å²) in [7, 11) is 0. The molecule has 2 rings (SSSR count). The third-order valence-electron chi connectivity index (χ3n) is 3.19. The molecule has 0 spiro atoms. The Morgan fingerprint density at radius 2 is 1.90 bits per heavy atom. The zero-order valence-electron chi connectivity index (χ0n) is 10.9. The summed E-state index contributed by atoms with van der Waals surface area (Å²) in [6.45, 7) is 1.63. The summed E-state index contributed by atoms with van der Waals surface area (Å²) in [6.07, 6.45) is 0.165. The van der Waals surface area contributed by atoms with E-state index in [0.29, 0.717) is 21.2 Å². The molecule has 20 heavy (non-hydrogen) atoms. The molecular weight excluding hydrogens is 321 g/mol. The molecule has 1 atom stereocenters. The summed E-state index contributed by atoms with van der Waals surface area (Å²) >= 11 is 3.20. The Bertz CT molecular complexity index is 659. The Hall–Kier alpha value is -1.70. The quantitative estimate of drug-likeness (QED) is 0.925. The summed E-state index contributed by atoms with van der Waals surface area (Å²) in [5.74, 6) is -0.353. The summed E-state index contributed by atoms with van der Waals surface area (Å²) in [5.41, 5.74) is 0.434. The lowest BCUT2D eigenvalue weighted by molar-refractivity contribution is 0.0567. The largest absolute Gasteiger partial charge is 0.385 e. The van der Waals surface area contributed by atoms with Crippen LogP contribution in [0.15, 0.2) is 46.9 Å². The van der Waals surface area contributed by atoms with E-state index in [1.165, 1.54) is 6.07 Å². The Balaban J connectivity index is 2.27. The van der Waals surface area contributed by atoms with Gasteiger partial charge in [0, 0.05) is 10.9 Å². The van der Waals surface area contributed by atoms with E-state index in [0.717, 1.165) is 0 Å². The number of hydrogen-bond acceptors (Lipinski definition) is 2. The van der Waals surface area contributed by atoms with Crippen LogP contribution in [0, 0.1) is 17.1 Å². The van der Waals surface area contributed by atoms with E-state index in [2.05, 4.69) is 15.9 Å². The van der Waals surface area contributed by atoms with Gasteiger partial charge < -0.3 is 5.11 Å². The molecule has 0 heterocycles. The normalized spacial score (nSPS) is 13.6. The van der Waals surface area contributed by atoms with E-state index < -0.39 is 5.60 Å². The third kappa shape index (κ3) is 3.24. The highest BCUT2D eigenvalue weighted by Gasteiger charge is 2.25. The first-order chi connectivity index (χ1) is 9.42.